The van der Waals surface area contributed by atoms with Gasteiger partial charge in [-0.2, -0.15) is 5.10 Å². The van der Waals surface area contributed by atoms with Crippen LogP contribution in [0.1, 0.15) is 27.9 Å². The van der Waals surface area contributed by atoms with Crippen LogP contribution in [0.25, 0.3) is 15.9 Å². The molecule has 0 fully saturated rings. The molecule has 0 saturated carbocycles. The third kappa shape index (κ3) is 5.18. The molecule has 2 aromatic carbocycles. The lowest BCUT2D eigenvalue weighted by Gasteiger charge is -2.16. The van der Waals surface area contributed by atoms with E-state index in [2.05, 4.69) is 10.4 Å². The Morgan fingerprint density at radius 2 is 1.73 bits per heavy atom. The second-order valence-corrected chi connectivity index (χ2v) is 8.69. The number of ketones is 1. The Balaban J connectivity index is 1.41. The Hall–Kier alpha value is -3.78. The fraction of sp³-hybridized carbons (Fsp3) is 0.200. The lowest BCUT2D eigenvalue weighted by Crippen LogP contribution is -2.43. The molecule has 168 valence electrons. The van der Waals surface area contributed by atoms with Crippen LogP contribution in [0.2, 0.25) is 0 Å². The van der Waals surface area contributed by atoms with Gasteiger partial charge in [-0.25, -0.2) is 9.48 Å². The first-order valence-corrected chi connectivity index (χ1v) is 11.3. The molecule has 0 aliphatic heterocycles. The Labute approximate surface area is 195 Å². The van der Waals surface area contributed by atoms with E-state index in [9.17, 15) is 14.4 Å². The summed E-state index contributed by atoms with van der Waals surface area (Å²) < 4.78 is 7.02. The van der Waals surface area contributed by atoms with Crippen LogP contribution in [0.15, 0.2) is 66.7 Å². The van der Waals surface area contributed by atoms with Gasteiger partial charge in [0.1, 0.15) is 9.71 Å². The number of aromatic nitrogens is 2. The lowest BCUT2D eigenvalue weighted by atomic mass is 10.0. The molecule has 8 heteroatoms. The molecule has 4 aromatic rings. The highest BCUT2D eigenvalue weighted by Gasteiger charge is 2.21. The van der Waals surface area contributed by atoms with Gasteiger partial charge in [0, 0.05) is 5.39 Å². The molecular formula is C25H23N3O4S. The number of nitrogens with one attached hydrogen (secondary N) is 1. The summed E-state index contributed by atoms with van der Waals surface area (Å²) >= 11 is 1.26. The van der Waals surface area contributed by atoms with E-state index in [1.807, 2.05) is 67.6 Å². The van der Waals surface area contributed by atoms with Gasteiger partial charge in [-0.3, -0.25) is 9.59 Å². The number of ether oxygens (including phenoxy) is 1. The molecule has 0 aliphatic rings. The monoisotopic (exact) mass is 461 g/mol. The van der Waals surface area contributed by atoms with Crippen LogP contribution in [0.5, 0.6) is 0 Å². The zero-order valence-corrected chi connectivity index (χ0v) is 19.1. The second-order valence-electron chi connectivity index (χ2n) is 7.66. The molecule has 33 heavy (non-hydrogen) atoms. The standard InChI is InChI=1S/C25H23N3O4S/c1-16-20-14-22(33-24(20)28(27-16)19-11-7-4-8-12-19)25(31)32-15-23(30)26-21(17(2)29)13-18-9-5-3-6-10-18/h3-12,14,21H,13,15H2,1-2H3,(H,26,30)/t21-/m1/s1. The number of hydrogen-bond donors (Lipinski definition) is 1. The van der Waals surface area contributed by atoms with E-state index < -0.39 is 24.5 Å². The van der Waals surface area contributed by atoms with E-state index >= 15 is 0 Å². The number of hydrogen-bond acceptors (Lipinski definition) is 6. The van der Waals surface area contributed by atoms with Crippen LogP contribution in [0, 0.1) is 6.92 Å². The van der Waals surface area contributed by atoms with Crippen molar-refractivity contribution in [1.82, 2.24) is 15.1 Å². The minimum absolute atomic E-state index is 0.163. The zero-order chi connectivity index (χ0) is 23.4. The van der Waals surface area contributed by atoms with Crippen molar-refractivity contribution in [2.75, 3.05) is 6.61 Å². The third-order valence-electron chi connectivity index (χ3n) is 5.19. The maximum atomic E-state index is 12.6. The Morgan fingerprint density at radius 3 is 2.39 bits per heavy atom. The number of carbonyl (C=O) groups excluding carboxylic acids is 3. The average Bonchev–Trinajstić information content (AvgIpc) is 3.39. The van der Waals surface area contributed by atoms with Crippen molar-refractivity contribution in [2.24, 2.45) is 0 Å². The van der Waals surface area contributed by atoms with Crippen LogP contribution in [-0.4, -0.2) is 40.1 Å². The normalized spacial score (nSPS) is 11.8. The number of carbonyl (C=O) groups is 3. The highest BCUT2D eigenvalue weighted by Crippen LogP contribution is 2.30. The average molecular weight is 462 g/mol. The van der Waals surface area contributed by atoms with Crippen molar-refractivity contribution >= 4 is 39.2 Å². The van der Waals surface area contributed by atoms with Gasteiger partial charge in [0.05, 0.1) is 17.4 Å². The highest BCUT2D eigenvalue weighted by molar-refractivity contribution is 7.20. The molecule has 1 atom stereocenters. The molecule has 2 heterocycles. The first-order valence-electron chi connectivity index (χ1n) is 10.5. The first kappa shape index (κ1) is 22.4. The van der Waals surface area contributed by atoms with Crippen LogP contribution in [0.4, 0.5) is 0 Å². The van der Waals surface area contributed by atoms with Crippen LogP contribution >= 0.6 is 11.3 Å². The molecule has 1 N–H and O–H groups in total. The van der Waals surface area contributed by atoms with Crippen molar-refractivity contribution in [1.29, 1.82) is 0 Å². The topological polar surface area (TPSA) is 90.3 Å². The van der Waals surface area contributed by atoms with E-state index in [0.29, 0.717) is 11.3 Å². The van der Waals surface area contributed by atoms with Gasteiger partial charge in [-0.15, -0.1) is 11.3 Å². The molecule has 0 unspecified atom stereocenters. The summed E-state index contributed by atoms with van der Waals surface area (Å²) in [6, 6.07) is 20.1. The number of fused-ring (bicyclic) bond motifs is 1. The number of para-hydroxylation sites is 1. The second kappa shape index (κ2) is 9.79. The van der Waals surface area contributed by atoms with E-state index in [1.54, 1.807) is 10.7 Å². The predicted molar refractivity (Wildman–Crippen MR) is 127 cm³/mol. The van der Waals surface area contributed by atoms with E-state index in [4.69, 9.17) is 4.74 Å². The van der Waals surface area contributed by atoms with Gasteiger partial charge in [0.15, 0.2) is 12.4 Å². The van der Waals surface area contributed by atoms with Gasteiger partial charge < -0.3 is 10.1 Å². The quantitative estimate of drug-likeness (QED) is 0.402. The number of amides is 1. The van der Waals surface area contributed by atoms with Crippen molar-refractivity contribution in [2.45, 2.75) is 26.3 Å². The van der Waals surface area contributed by atoms with Gasteiger partial charge in [-0.1, -0.05) is 48.5 Å². The summed E-state index contributed by atoms with van der Waals surface area (Å²) in [7, 11) is 0. The van der Waals surface area contributed by atoms with Crippen molar-refractivity contribution < 1.29 is 19.1 Å². The minimum Gasteiger partial charge on any atom is -0.451 e. The zero-order valence-electron chi connectivity index (χ0n) is 18.3. The summed E-state index contributed by atoms with van der Waals surface area (Å²) in [5, 5.41) is 8.07. The summed E-state index contributed by atoms with van der Waals surface area (Å²) in [5.74, 6) is -1.27. The van der Waals surface area contributed by atoms with Crippen molar-refractivity contribution in [3.8, 4) is 5.69 Å². The van der Waals surface area contributed by atoms with Gasteiger partial charge in [-0.05, 0) is 44.0 Å². The van der Waals surface area contributed by atoms with Crippen molar-refractivity contribution in [3.63, 3.8) is 0 Å². The van der Waals surface area contributed by atoms with E-state index in [-0.39, 0.29) is 5.78 Å². The van der Waals surface area contributed by atoms with Gasteiger partial charge in [0.2, 0.25) is 0 Å². The minimum atomic E-state index is -0.678. The summed E-state index contributed by atoms with van der Waals surface area (Å²) in [4.78, 5) is 38.1. The number of rotatable bonds is 8. The summed E-state index contributed by atoms with van der Waals surface area (Å²) in [5.41, 5.74) is 2.63. The Morgan fingerprint density at radius 1 is 1.06 bits per heavy atom. The van der Waals surface area contributed by atoms with E-state index in [1.165, 1.54) is 18.3 Å². The molecule has 0 bridgehead atoms. The summed E-state index contributed by atoms with van der Waals surface area (Å²) in [6.07, 6.45) is 0.376. The molecule has 0 saturated heterocycles. The SMILES string of the molecule is CC(=O)[C@@H](Cc1ccccc1)NC(=O)COC(=O)c1cc2c(C)nn(-c3ccccc3)c2s1. The van der Waals surface area contributed by atoms with Crippen LogP contribution in [0.3, 0.4) is 0 Å². The molecule has 1 amide bonds. The van der Waals surface area contributed by atoms with Gasteiger partial charge >= 0.3 is 5.97 Å². The highest BCUT2D eigenvalue weighted by atomic mass is 32.1. The maximum Gasteiger partial charge on any atom is 0.348 e. The Kier molecular flexibility index (Phi) is 6.65. The largest absolute Gasteiger partial charge is 0.451 e. The number of thiophene rings is 1. The number of Topliss-reactive ketones (excluding diaryl/α,β-unsaturated/α-hetero) is 1. The number of benzene rings is 2. The van der Waals surface area contributed by atoms with Crippen molar-refractivity contribution in [3.05, 3.63) is 82.9 Å². The molecule has 0 radical (unpaired) electrons. The van der Waals surface area contributed by atoms with E-state index in [0.717, 1.165) is 27.2 Å². The fourth-order valence-electron chi connectivity index (χ4n) is 3.48. The van der Waals surface area contributed by atoms with Gasteiger partial charge in [0.25, 0.3) is 5.91 Å². The molecule has 0 spiro atoms. The number of esters is 1. The number of nitrogens with zero attached hydrogens (tertiary/aromatic N) is 2. The Bertz CT molecular complexity index is 1300. The molecule has 4 rings (SSSR count). The fourth-order valence-corrected chi connectivity index (χ4v) is 4.55. The molecule has 7 nitrogen and oxygen atoms in total. The molecule has 2 aromatic heterocycles. The van der Waals surface area contributed by atoms with Crippen LogP contribution in [-0.2, 0) is 20.7 Å². The predicted octanol–water partition coefficient (Wildman–Crippen LogP) is 3.87. The summed E-state index contributed by atoms with van der Waals surface area (Å²) in [6.45, 7) is 2.84. The van der Waals surface area contributed by atoms with Crippen LogP contribution < -0.4 is 5.32 Å². The molecular weight excluding hydrogens is 438 g/mol. The number of aryl methyl sites for hydroxylation is 1. The first-order chi connectivity index (χ1) is 15.9. The third-order valence-corrected chi connectivity index (χ3v) is 6.28. The lowest BCUT2D eigenvalue weighted by molar-refractivity contribution is -0.128. The maximum absolute atomic E-state index is 12.6. The smallest absolute Gasteiger partial charge is 0.348 e. The molecule has 0 aliphatic carbocycles.